The Bertz CT molecular complexity index is 1580. The number of aryl methyl sites for hydroxylation is 1. The van der Waals surface area contributed by atoms with Crippen LogP contribution in [0.4, 0.5) is 11.4 Å². The van der Waals surface area contributed by atoms with Gasteiger partial charge in [-0.2, -0.15) is 0 Å². The van der Waals surface area contributed by atoms with Crippen molar-refractivity contribution in [1.29, 1.82) is 0 Å². The van der Waals surface area contributed by atoms with E-state index in [1.807, 2.05) is 4.90 Å². The van der Waals surface area contributed by atoms with Crippen LogP contribution in [0.25, 0.3) is 10.8 Å². The molecule has 1 atom stereocenters. The molecule has 4 aliphatic rings. The molecule has 0 radical (unpaired) electrons. The number of hydrogen-bond acceptors (Lipinski definition) is 6. The minimum absolute atomic E-state index is 0.0163. The second-order valence-corrected chi connectivity index (χ2v) is 13.2. The molecule has 1 aromatic heterocycles. The average molecular weight is 607 g/mol. The summed E-state index contributed by atoms with van der Waals surface area (Å²) in [6.07, 6.45) is 8.08. The molecule has 0 saturated carbocycles. The lowest BCUT2D eigenvalue weighted by Crippen LogP contribution is -2.50. The van der Waals surface area contributed by atoms with Gasteiger partial charge in [0, 0.05) is 74.2 Å². The first-order chi connectivity index (χ1) is 22.0. The van der Waals surface area contributed by atoms with Crippen molar-refractivity contribution >= 4 is 34.0 Å². The Morgan fingerprint density at radius 1 is 0.889 bits per heavy atom. The van der Waals surface area contributed by atoms with Gasteiger partial charge in [0.1, 0.15) is 5.69 Å². The third-order valence-corrected chi connectivity index (χ3v) is 10.5. The van der Waals surface area contributed by atoms with Crippen LogP contribution in [-0.4, -0.2) is 96.4 Å². The number of piperidine rings is 1. The Morgan fingerprint density at radius 3 is 2.42 bits per heavy atom. The molecule has 2 amide bonds. The topological polar surface area (TPSA) is 63.2 Å². The van der Waals surface area contributed by atoms with E-state index < -0.39 is 0 Å². The largest absolute Gasteiger partial charge is 0.368 e. The van der Waals surface area contributed by atoms with Gasteiger partial charge < -0.3 is 24.5 Å². The standard InChI is InChI=1S/C37H46N6O2/c1-3-35(44)41-22-20-40(21-23-41)34-24-31(37(45)43-18-5-4-13-29(43)25-39-16-6-7-17-39)38-32-26-42(19-15-30(32)34)33-14-9-12-28-11-8-10-27(2)36(28)33/h3,8-12,14,24,29H,1,4-7,13,15-23,25-26H2,2H3. The maximum atomic E-state index is 14.4. The van der Waals surface area contributed by atoms with E-state index >= 15 is 0 Å². The minimum atomic E-state index is -0.0163. The van der Waals surface area contributed by atoms with Crippen LogP contribution >= 0.6 is 0 Å². The summed E-state index contributed by atoms with van der Waals surface area (Å²) < 4.78 is 0. The summed E-state index contributed by atoms with van der Waals surface area (Å²) in [6, 6.07) is 15.4. The van der Waals surface area contributed by atoms with Crippen molar-refractivity contribution in [2.75, 3.05) is 68.7 Å². The molecule has 7 rings (SSSR count). The summed E-state index contributed by atoms with van der Waals surface area (Å²) in [4.78, 5) is 43.3. The summed E-state index contributed by atoms with van der Waals surface area (Å²) in [6.45, 7) is 14.2. The number of carbonyl (C=O) groups is 2. The number of benzene rings is 2. The fourth-order valence-electron chi connectivity index (χ4n) is 8.05. The predicted molar refractivity (Wildman–Crippen MR) is 181 cm³/mol. The van der Waals surface area contributed by atoms with Gasteiger partial charge >= 0.3 is 0 Å². The van der Waals surface area contributed by atoms with Crippen molar-refractivity contribution in [2.45, 2.75) is 58.0 Å². The molecule has 0 N–H and O–H groups in total. The SMILES string of the molecule is C=CC(=O)N1CCN(c2cc(C(=O)N3CCCCC3CN3CCCC3)nc3c2CCN(c2cccc4cccc(C)c24)C3)CC1. The molecule has 3 saturated heterocycles. The van der Waals surface area contributed by atoms with Gasteiger partial charge in [-0.05, 0) is 87.7 Å². The molecule has 8 heteroatoms. The first kappa shape index (κ1) is 29.8. The first-order valence-electron chi connectivity index (χ1n) is 17.0. The Morgan fingerprint density at radius 2 is 1.64 bits per heavy atom. The highest BCUT2D eigenvalue weighted by Gasteiger charge is 2.33. The van der Waals surface area contributed by atoms with Gasteiger partial charge in [0.05, 0.1) is 12.2 Å². The molecule has 2 aromatic carbocycles. The number of nitrogens with zero attached hydrogens (tertiary/aromatic N) is 6. The summed E-state index contributed by atoms with van der Waals surface area (Å²) >= 11 is 0. The molecular formula is C37H46N6O2. The lowest BCUT2D eigenvalue weighted by atomic mass is 9.97. The molecule has 5 heterocycles. The maximum absolute atomic E-state index is 14.4. The number of piperazine rings is 1. The maximum Gasteiger partial charge on any atom is 0.272 e. The molecule has 0 bridgehead atoms. The van der Waals surface area contributed by atoms with Gasteiger partial charge in [-0.15, -0.1) is 0 Å². The third kappa shape index (κ3) is 5.92. The fraction of sp³-hybridized carbons (Fsp3) is 0.486. The number of carbonyl (C=O) groups excluding carboxylic acids is 2. The van der Waals surface area contributed by atoms with Crippen molar-refractivity contribution in [3.8, 4) is 0 Å². The van der Waals surface area contributed by atoms with Crippen molar-refractivity contribution < 1.29 is 9.59 Å². The second kappa shape index (κ2) is 12.8. The molecular weight excluding hydrogens is 560 g/mol. The third-order valence-electron chi connectivity index (χ3n) is 10.5. The van der Waals surface area contributed by atoms with Gasteiger partial charge in [-0.1, -0.05) is 36.9 Å². The number of fused-ring (bicyclic) bond motifs is 2. The first-order valence-corrected chi connectivity index (χ1v) is 17.0. The number of pyridine rings is 1. The molecule has 8 nitrogen and oxygen atoms in total. The zero-order valence-corrected chi connectivity index (χ0v) is 26.7. The van der Waals surface area contributed by atoms with Crippen LogP contribution in [0.1, 0.15) is 59.4 Å². The number of hydrogen-bond donors (Lipinski definition) is 0. The molecule has 1 unspecified atom stereocenters. The van der Waals surface area contributed by atoms with Gasteiger partial charge in [0.25, 0.3) is 5.91 Å². The number of aromatic nitrogens is 1. The van der Waals surface area contributed by atoms with Crippen LogP contribution in [0.2, 0.25) is 0 Å². The highest BCUT2D eigenvalue weighted by molar-refractivity contribution is 5.97. The van der Waals surface area contributed by atoms with E-state index in [1.165, 1.54) is 52.9 Å². The molecule has 236 valence electrons. The van der Waals surface area contributed by atoms with Gasteiger partial charge in [0.15, 0.2) is 0 Å². The lowest BCUT2D eigenvalue weighted by Gasteiger charge is -2.40. The second-order valence-electron chi connectivity index (χ2n) is 13.2. The quantitative estimate of drug-likeness (QED) is 0.367. The Hall–Kier alpha value is -3.91. The van der Waals surface area contributed by atoms with E-state index in [-0.39, 0.29) is 17.9 Å². The summed E-state index contributed by atoms with van der Waals surface area (Å²) in [5, 5.41) is 2.54. The van der Waals surface area contributed by atoms with Gasteiger partial charge in [-0.3, -0.25) is 9.59 Å². The van der Waals surface area contributed by atoms with Crippen LogP contribution in [0.15, 0.2) is 55.1 Å². The molecule has 3 aromatic rings. The Kier molecular flexibility index (Phi) is 8.49. The van der Waals surface area contributed by atoms with E-state index in [2.05, 4.69) is 75.6 Å². The molecule has 0 spiro atoms. The number of amides is 2. The van der Waals surface area contributed by atoms with Gasteiger partial charge in [0.2, 0.25) is 5.91 Å². The van der Waals surface area contributed by atoms with E-state index in [0.717, 1.165) is 76.5 Å². The Labute approximate surface area is 267 Å². The van der Waals surface area contributed by atoms with Crippen LogP contribution in [0.5, 0.6) is 0 Å². The van der Waals surface area contributed by atoms with Gasteiger partial charge in [-0.25, -0.2) is 4.98 Å². The van der Waals surface area contributed by atoms with Crippen LogP contribution in [0.3, 0.4) is 0 Å². The van der Waals surface area contributed by atoms with Crippen molar-refractivity contribution in [2.24, 2.45) is 0 Å². The van der Waals surface area contributed by atoms with E-state index in [4.69, 9.17) is 4.98 Å². The molecule has 45 heavy (non-hydrogen) atoms. The van der Waals surface area contributed by atoms with Crippen molar-refractivity contribution in [3.63, 3.8) is 0 Å². The van der Waals surface area contributed by atoms with Crippen LogP contribution < -0.4 is 9.80 Å². The van der Waals surface area contributed by atoms with Crippen molar-refractivity contribution in [1.82, 2.24) is 19.7 Å². The molecule has 3 fully saturated rings. The molecule has 4 aliphatic heterocycles. The minimum Gasteiger partial charge on any atom is -0.368 e. The average Bonchev–Trinajstić information content (AvgIpc) is 3.60. The number of rotatable bonds is 6. The normalized spacial score (nSPS) is 20.9. The highest BCUT2D eigenvalue weighted by atomic mass is 16.2. The lowest BCUT2D eigenvalue weighted by molar-refractivity contribution is -0.126. The predicted octanol–water partition coefficient (Wildman–Crippen LogP) is 5.03. The van der Waals surface area contributed by atoms with E-state index in [9.17, 15) is 9.59 Å². The molecule has 0 aliphatic carbocycles. The van der Waals surface area contributed by atoms with E-state index in [1.54, 1.807) is 0 Å². The van der Waals surface area contributed by atoms with Crippen LogP contribution in [0, 0.1) is 6.92 Å². The fourth-order valence-corrected chi connectivity index (χ4v) is 8.05. The number of likely N-dealkylation sites (tertiary alicyclic amines) is 2. The zero-order valence-electron chi connectivity index (χ0n) is 26.7. The monoisotopic (exact) mass is 606 g/mol. The van der Waals surface area contributed by atoms with E-state index in [0.29, 0.717) is 25.3 Å². The highest BCUT2D eigenvalue weighted by Crippen LogP contribution is 2.36. The van der Waals surface area contributed by atoms with Crippen molar-refractivity contribution in [3.05, 3.63) is 77.6 Å². The summed E-state index contributed by atoms with van der Waals surface area (Å²) in [7, 11) is 0. The smallest absolute Gasteiger partial charge is 0.272 e. The summed E-state index contributed by atoms with van der Waals surface area (Å²) in [5.41, 5.74) is 6.44. The zero-order chi connectivity index (χ0) is 30.9. The summed E-state index contributed by atoms with van der Waals surface area (Å²) in [5.74, 6) is 0.0546. The Balaban J connectivity index is 1.23. The van der Waals surface area contributed by atoms with Crippen LogP contribution in [-0.2, 0) is 17.8 Å². The number of anilines is 2.